The number of anilines is 1. The van der Waals surface area contributed by atoms with E-state index in [-0.39, 0.29) is 0 Å². The molecule has 142 valence electrons. The van der Waals surface area contributed by atoms with E-state index in [0.29, 0.717) is 12.1 Å². The third-order valence-electron chi connectivity index (χ3n) is 7.28. The van der Waals surface area contributed by atoms with Crippen molar-refractivity contribution in [2.75, 3.05) is 11.6 Å². The summed E-state index contributed by atoms with van der Waals surface area (Å²) >= 11 is 0. The van der Waals surface area contributed by atoms with Crippen LogP contribution in [0.1, 0.15) is 67.2 Å². The van der Waals surface area contributed by atoms with Crippen molar-refractivity contribution in [3.63, 3.8) is 0 Å². The molecule has 0 radical (unpaired) electrons. The first-order chi connectivity index (χ1) is 13.1. The van der Waals surface area contributed by atoms with E-state index in [1.165, 1.54) is 78.6 Å². The number of fused-ring (bicyclic) bond motifs is 3. The summed E-state index contributed by atoms with van der Waals surface area (Å²) in [5, 5.41) is 0. The molecule has 0 aromatic heterocycles. The van der Waals surface area contributed by atoms with Gasteiger partial charge in [0, 0.05) is 23.4 Å². The third-order valence-corrected chi connectivity index (χ3v) is 7.28. The minimum Gasteiger partial charge on any atom is -0.472 e. The van der Waals surface area contributed by atoms with E-state index in [0.717, 1.165) is 12.5 Å². The Hall–Kier alpha value is -1.96. The molecule has 0 saturated heterocycles. The number of rotatable bonds is 2. The first kappa shape index (κ1) is 17.2. The van der Waals surface area contributed by atoms with E-state index in [9.17, 15) is 0 Å². The zero-order chi connectivity index (χ0) is 18.4. The summed E-state index contributed by atoms with van der Waals surface area (Å²) in [6.45, 7) is 6.06. The highest BCUT2D eigenvalue weighted by Crippen LogP contribution is 2.54. The van der Waals surface area contributed by atoms with Gasteiger partial charge in [0.15, 0.2) is 6.73 Å². The summed E-state index contributed by atoms with van der Waals surface area (Å²) < 4.78 is 6.50. The molecule has 0 amide bonds. The molecule has 0 spiro atoms. The number of hydrogen-bond acceptors (Lipinski definition) is 2. The Balaban J connectivity index is 1.53. The molecule has 2 bridgehead atoms. The molecule has 2 aromatic carbocycles. The molecule has 0 atom stereocenters. The molecule has 2 heteroatoms. The van der Waals surface area contributed by atoms with Crippen molar-refractivity contribution in [1.82, 2.24) is 0 Å². The SMILES string of the molecule is Cc1cc2c(c(C34CCCC(CCC3)C4)c1)OCN(c1ccccc1C)C2. The van der Waals surface area contributed by atoms with Gasteiger partial charge in [-0.1, -0.05) is 61.6 Å². The van der Waals surface area contributed by atoms with Gasteiger partial charge in [-0.05, 0) is 56.1 Å². The fourth-order valence-electron chi connectivity index (χ4n) is 6.06. The molecule has 5 rings (SSSR count). The maximum atomic E-state index is 6.50. The van der Waals surface area contributed by atoms with Gasteiger partial charge in [0.25, 0.3) is 0 Å². The molecule has 0 unspecified atom stereocenters. The van der Waals surface area contributed by atoms with Gasteiger partial charge in [0.2, 0.25) is 0 Å². The van der Waals surface area contributed by atoms with Gasteiger partial charge in [0.1, 0.15) is 5.75 Å². The molecule has 0 N–H and O–H groups in total. The Labute approximate surface area is 163 Å². The molecular formula is C25H31NO. The maximum absolute atomic E-state index is 6.50. The van der Waals surface area contributed by atoms with Crippen LogP contribution < -0.4 is 9.64 Å². The Bertz CT molecular complexity index is 845. The lowest BCUT2D eigenvalue weighted by atomic mass is 9.58. The predicted octanol–water partition coefficient (Wildman–Crippen LogP) is 6.27. The zero-order valence-corrected chi connectivity index (χ0v) is 16.8. The van der Waals surface area contributed by atoms with E-state index >= 15 is 0 Å². The summed E-state index contributed by atoms with van der Waals surface area (Å²) in [7, 11) is 0. The smallest absolute Gasteiger partial charge is 0.161 e. The summed E-state index contributed by atoms with van der Waals surface area (Å²) in [4.78, 5) is 2.38. The molecule has 2 nitrogen and oxygen atoms in total. The Morgan fingerprint density at radius 2 is 1.81 bits per heavy atom. The van der Waals surface area contributed by atoms with Crippen molar-refractivity contribution in [1.29, 1.82) is 0 Å². The topological polar surface area (TPSA) is 12.5 Å². The highest BCUT2D eigenvalue weighted by atomic mass is 16.5. The van der Waals surface area contributed by atoms with Crippen LogP contribution in [-0.4, -0.2) is 6.73 Å². The summed E-state index contributed by atoms with van der Waals surface area (Å²) in [6, 6.07) is 13.4. The van der Waals surface area contributed by atoms with Gasteiger partial charge in [-0.2, -0.15) is 0 Å². The molecule has 1 aliphatic heterocycles. The van der Waals surface area contributed by atoms with Crippen molar-refractivity contribution in [2.24, 2.45) is 5.92 Å². The highest BCUT2D eigenvalue weighted by Gasteiger charge is 2.43. The minimum absolute atomic E-state index is 0.377. The van der Waals surface area contributed by atoms with Crippen LogP contribution in [0.3, 0.4) is 0 Å². The van der Waals surface area contributed by atoms with Crippen molar-refractivity contribution in [2.45, 2.75) is 70.8 Å². The number of nitrogens with zero attached hydrogens (tertiary/aromatic N) is 1. The van der Waals surface area contributed by atoms with E-state index in [1.807, 2.05) is 0 Å². The third kappa shape index (κ3) is 2.94. The lowest BCUT2D eigenvalue weighted by Crippen LogP contribution is -2.39. The first-order valence-electron chi connectivity index (χ1n) is 10.7. The Morgan fingerprint density at radius 1 is 1.04 bits per heavy atom. The number of benzene rings is 2. The standard InChI is InChI=1S/C25H31NO/c1-18-13-21-16-26(23-10-4-3-7-19(23)2)17-27-24(21)22(14-18)25-11-5-8-20(15-25)9-6-12-25/h3-4,7,10,13-14,20H,5-6,8-9,11-12,15-17H2,1-2H3. The molecule has 2 fully saturated rings. The van der Waals surface area contributed by atoms with Crippen LogP contribution in [-0.2, 0) is 12.0 Å². The largest absolute Gasteiger partial charge is 0.472 e. The zero-order valence-electron chi connectivity index (χ0n) is 16.8. The fraction of sp³-hybridized carbons (Fsp3) is 0.520. The lowest BCUT2D eigenvalue weighted by molar-refractivity contribution is 0.143. The molecule has 2 aromatic rings. The van der Waals surface area contributed by atoms with Crippen molar-refractivity contribution in [3.8, 4) is 5.75 Å². The maximum Gasteiger partial charge on any atom is 0.161 e. The van der Waals surface area contributed by atoms with E-state index in [2.05, 4.69) is 55.1 Å². The normalized spacial score (nSPS) is 27.0. The van der Waals surface area contributed by atoms with Crippen LogP contribution >= 0.6 is 0 Å². The second kappa shape index (κ2) is 6.58. The number of para-hydroxylation sites is 1. The quantitative estimate of drug-likeness (QED) is 0.625. The fourth-order valence-corrected chi connectivity index (χ4v) is 6.06. The van der Waals surface area contributed by atoms with Crippen LogP contribution in [0.25, 0.3) is 0 Å². The summed E-state index contributed by atoms with van der Waals surface area (Å²) in [6.07, 6.45) is 9.75. The van der Waals surface area contributed by atoms with Gasteiger partial charge in [-0.25, -0.2) is 0 Å². The predicted molar refractivity (Wildman–Crippen MR) is 112 cm³/mol. The molecule has 3 aliphatic rings. The molecule has 1 heterocycles. The van der Waals surface area contributed by atoms with Crippen molar-refractivity contribution in [3.05, 3.63) is 58.7 Å². The van der Waals surface area contributed by atoms with Crippen LogP contribution in [0.2, 0.25) is 0 Å². The van der Waals surface area contributed by atoms with Gasteiger partial charge in [-0.3, -0.25) is 0 Å². The average Bonchev–Trinajstić information content (AvgIpc) is 2.67. The van der Waals surface area contributed by atoms with E-state index in [1.54, 1.807) is 0 Å². The van der Waals surface area contributed by atoms with Crippen LogP contribution in [0, 0.1) is 19.8 Å². The van der Waals surface area contributed by atoms with Crippen molar-refractivity contribution >= 4 is 5.69 Å². The molecular weight excluding hydrogens is 330 g/mol. The molecule has 27 heavy (non-hydrogen) atoms. The first-order valence-corrected chi connectivity index (χ1v) is 10.7. The lowest BCUT2D eigenvalue weighted by Gasteiger charge is -2.47. The molecule has 2 saturated carbocycles. The number of hydrogen-bond donors (Lipinski definition) is 0. The van der Waals surface area contributed by atoms with Gasteiger partial charge < -0.3 is 9.64 Å². The highest BCUT2D eigenvalue weighted by molar-refractivity contribution is 5.57. The second-order valence-electron chi connectivity index (χ2n) is 9.19. The number of ether oxygens (including phenoxy) is 1. The summed E-state index contributed by atoms with van der Waals surface area (Å²) in [5.74, 6) is 2.16. The van der Waals surface area contributed by atoms with Gasteiger partial charge >= 0.3 is 0 Å². The Kier molecular flexibility index (Phi) is 4.18. The van der Waals surface area contributed by atoms with Crippen LogP contribution in [0.15, 0.2) is 36.4 Å². The van der Waals surface area contributed by atoms with Gasteiger partial charge in [0.05, 0.1) is 0 Å². The van der Waals surface area contributed by atoms with E-state index in [4.69, 9.17) is 4.74 Å². The van der Waals surface area contributed by atoms with Crippen molar-refractivity contribution < 1.29 is 4.74 Å². The second-order valence-corrected chi connectivity index (χ2v) is 9.19. The number of aryl methyl sites for hydroxylation is 2. The summed E-state index contributed by atoms with van der Waals surface area (Å²) in [5.41, 5.74) is 7.29. The average molecular weight is 362 g/mol. The monoisotopic (exact) mass is 361 g/mol. The van der Waals surface area contributed by atoms with E-state index < -0.39 is 0 Å². The minimum atomic E-state index is 0.377. The Morgan fingerprint density at radius 3 is 2.59 bits per heavy atom. The van der Waals surface area contributed by atoms with Gasteiger partial charge in [-0.15, -0.1) is 0 Å². The van der Waals surface area contributed by atoms with Crippen LogP contribution in [0.5, 0.6) is 5.75 Å². The molecule has 2 aliphatic carbocycles. The van der Waals surface area contributed by atoms with Crippen LogP contribution in [0.4, 0.5) is 5.69 Å².